The average Bonchev–Trinajstić information content (AvgIpc) is 2.42. The first-order chi connectivity index (χ1) is 5.34. The van der Waals surface area contributed by atoms with E-state index >= 15 is 0 Å². The van der Waals surface area contributed by atoms with Gasteiger partial charge in [0.2, 0.25) is 0 Å². The molecule has 1 saturated heterocycles. The van der Waals surface area contributed by atoms with Crippen molar-refractivity contribution < 1.29 is 4.39 Å². The van der Waals surface area contributed by atoms with E-state index in [0.29, 0.717) is 12.6 Å². The Morgan fingerprint density at radius 2 is 2.09 bits per heavy atom. The van der Waals surface area contributed by atoms with Gasteiger partial charge in [-0.2, -0.15) is 0 Å². The van der Waals surface area contributed by atoms with Crippen LogP contribution in [0.4, 0.5) is 4.39 Å². The maximum atomic E-state index is 11.8. The van der Waals surface area contributed by atoms with Crippen LogP contribution in [0, 0.1) is 0 Å². The summed E-state index contributed by atoms with van der Waals surface area (Å²) in [5.41, 5.74) is 0. The fourth-order valence-corrected chi connectivity index (χ4v) is 1.43. The first kappa shape index (κ1) is 10.9. The number of hydrogen-bond donors (Lipinski definition) is 0. The summed E-state index contributed by atoms with van der Waals surface area (Å²) in [5.74, 6) is 0. The summed E-state index contributed by atoms with van der Waals surface area (Å²) in [6, 6.07) is 0.626. The lowest BCUT2D eigenvalue weighted by molar-refractivity contribution is 0.243. The van der Waals surface area contributed by atoms with E-state index in [1.807, 2.05) is 13.8 Å². The summed E-state index contributed by atoms with van der Waals surface area (Å²) in [6.45, 7) is 7.72. The lowest BCUT2D eigenvalue weighted by Crippen LogP contribution is -2.28. The zero-order chi connectivity index (χ0) is 8.69. The van der Waals surface area contributed by atoms with Gasteiger partial charge in [0.1, 0.15) is 6.67 Å². The topological polar surface area (TPSA) is 3.24 Å². The molecule has 1 heterocycles. The van der Waals surface area contributed by atoms with Crippen molar-refractivity contribution in [3.8, 4) is 0 Å². The molecule has 11 heavy (non-hydrogen) atoms. The minimum absolute atomic E-state index is 0.190. The van der Waals surface area contributed by atoms with Crippen LogP contribution in [-0.2, 0) is 0 Å². The zero-order valence-electron chi connectivity index (χ0n) is 7.94. The quantitative estimate of drug-likeness (QED) is 0.601. The molecule has 0 aromatic carbocycles. The van der Waals surface area contributed by atoms with E-state index in [1.54, 1.807) is 0 Å². The van der Waals surface area contributed by atoms with Crippen molar-refractivity contribution in [2.75, 3.05) is 19.8 Å². The number of nitrogens with zero attached hydrogens (tertiary/aromatic N) is 1. The Labute approximate surface area is 69.6 Å². The van der Waals surface area contributed by atoms with E-state index in [1.165, 1.54) is 12.8 Å². The number of hydrogen-bond acceptors (Lipinski definition) is 1. The molecule has 1 rings (SSSR count). The van der Waals surface area contributed by atoms with Gasteiger partial charge in [0.25, 0.3) is 0 Å². The minimum Gasteiger partial charge on any atom is -0.298 e. The number of halogens is 1. The van der Waals surface area contributed by atoms with Crippen LogP contribution in [0.2, 0.25) is 0 Å². The molecule has 0 amide bonds. The molecule has 0 aliphatic carbocycles. The van der Waals surface area contributed by atoms with Crippen molar-refractivity contribution in [3.05, 3.63) is 0 Å². The van der Waals surface area contributed by atoms with Gasteiger partial charge in [-0.3, -0.25) is 4.90 Å². The summed E-state index contributed by atoms with van der Waals surface area (Å²) in [4.78, 5) is 2.21. The Morgan fingerprint density at radius 1 is 1.45 bits per heavy atom. The Hall–Kier alpha value is -0.110. The highest BCUT2D eigenvalue weighted by Crippen LogP contribution is 2.14. The predicted octanol–water partition coefficient (Wildman–Crippen LogP) is 2.47. The Bertz CT molecular complexity index is 85.6. The number of likely N-dealkylation sites (tertiary alicyclic amines) is 1. The monoisotopic (exact) mass is 161 g/mol. The van der Waals surface area contributed by atoms with Gasteiger partial charge in [-0.1, -0.05) is 13.8 Å². The third-order valence-electron chi connectivity index (χ3n) is 2.06. The van der Waals surface area contributed by atoms with E-state index in [-0.39, 0.29) is 6.67 Å². The van der Waals surface area contributed by atoms with Gasteiger partial charge >= 0.3 is 0 Å². The van der Waals surface area contributed by atoms with E-state index in [0.717, 1.165) is 6.54 Å². The third-order valence-corrected chi connectivity index (χ3v) is 2.06. The molecule has 1 nitrogen and oxygen atoms in total. The van der Waals surface area contributed by atoms with Gasteiger partial charge in [-0.25, -0.2) is 4.39 Å². The van der Waals surface area contributed by atoms with Crippen LogP contribution >= 0.6 is 0 Å². The highest BCUT2D eigenvalue weighted by Gasteiger charge is 2.18. The molecular formula is C9H20FN. The van der Waals surface area contributed by atoms with Crippen molar-refractivity contribution >= 4 is 0 Å². The van der Waals surface area contributed by atoms with Crippen molar-refractivity contribution in [1.29, 1.82) is 0 Å². The van der Waals surface area contributed by atoms with Crippen LogP contribution in [0.25, 0.3) is 0 Å². The molecule has 2 heteroatoms. The van der Waals surface area contributed by atoms with Crippen molar-refractivity contribution in [1.82, 2.24) is 4.90 Å². The van der Waals surface area contributed by atoms with Gasteiger partial charge in [0.15, 0.2) is 0 Å². The van der Waals surface area contributed by atoms with Crippen LogP contribution in [0.1, 0.15) is 33.6 Å². The van der Waals surface area contributed by atoms with Gasteiger partial charge in [-0.15, -0.1) is 0 Å². The van der Waals surface area contributed by atoms with Crippen LogP contribution < -0.4 is 0 Å². The Kier molecular flexibility index (Phi) is 6.52. The van der Waals surface area contributed by atoms with E-state index < -0.39 is 0 Å². The van der Waals surface area contributed by atoms with Gasteiger partial charge < -0.3 is 0 Å². The second-order valence-corrected chi connectivity index (χ2v) is 2.72. The van der Waals surface area contributed by atoms with Crippen LogP contribution in [-0.4, -0.2) is 30.7 Å². The van der Waals surface area contributed by atoms with Gasteiger partial charge in [-0.05, 0) is 26.3 Å². The van der Waals surface area contributed by atoms with Crippen LogP contribution in [0.3, 0.4) is 0 Å². The lowest BCUT2D eigenvalue weighted by atomic mass is 10.2. The molecule has 0 aromatic rings. The molecule has 0 bridgehead atoms. The summed E-state index contributed by atoms with van der Waals surface area (Å²) < 4.78 is 11.8. The van der Waals surface area contributed by atoms with E-state index in [9.17, 15) is 4.39 Å². The molecule has 0 spiro atoms. The second kappa shape index (κ2) is 6.59. The first-order valence-corrected chi connectivity index (χ1v) is 4.64. The second-order valence-electron chi connectivity index (χ2n) is 2.72. The summed E-state index contributed by atoms with van der Waals surface area (Å²) in [6.07, 6.45) is 2.50. The zero-order valence-corrected chi connectivity index (χ0v) is 7.94. The highest BCUT2D eigenvalue weighted by atomic mass is 19.1. The van der Waals surface area contributed by atoms with Crippen LogP contribution in [0.5, 0.6) is 0 Å². The van der Waals surface area contributed by atoms with E-state index in [2.05, 4.69) is 11.8 Å². The van der Waals surface area contributed by atoms with Gasteiger partial charge in [0.05, 0.1) is 0 Å². The largest absolute Gasteiger partial charge is 0.298 e. The number of rotatable bonds is 2. The molecule has 1 aliphatic heterocycles. The average molecular weight is 161 g/mol. The van der Waals surface area contributed by atoms with Gasteiger partial charge in [0, 0.05) is 12.6 Å². The summed E-state index contributed by atoms with van der Waals surface area (Å²) in [7, 11) is 0. The lowest BCUT2D eigenvalue weighted by Gasteiger charge is -2.18. The number of alkyl halides is 1. The molecule has 0 saturated carbocycles. The molecular weight excluding hydrogens is 141 g/mol. The predicted molar refractivity (Wildman–Crippen MR) is 47.6 cm³/mol. The van der Waals surface area contributed by atoms with Crippen molar-refractivity contribution in [3.63, 3.8) is 0 Å². The fraction of sp³-hybridized carbons (Fsp3) is 1.00. The SMILES string of the molecule is CC.CC1CCCN1CCF. The van der Waals surface area contributed by atoms with Crippen LogP contribution in [0.15, 0.2) is 0 Å². The fourth-order valence-electron chi connectivity index (χ4n) is 1.43. The maximum Gasteiger partial charge on any atom is 0.102 e. The minimum atomic E-state index is -0.190. The molecule has 1 aliphatic rings. The summed E-state index contributed by atoms with van der Waals surface area (Å²) in [5, 5.41) is 0. The van der Waals surface area contributed by atoms with E-state index in [4.69, 9.17) is 0 Å². The Balaban J connectivity index is 0.000000461. The molecule has 0 radical (unpaired) electrons. The standard InChI is InChI=1S/C7H14FN.C2H6/c1-7-3-2-5-9(7)6-4-8;1-2/h7H,2-6H2,1H3;1-2H3. The van der Waals surface area contributed by atoms with Crippen molar-refractivity contribution in [2.45, 2.75) is 39.7 Å². The molecule has 68 valence electrons. The molecule has 1 fully saturated rings. The molecule has 1 unspecified atom stereocenters. The molecule has 1 atom stereocenters. The smallest absolute Gasteiger partial charge is 0.102 e. The van der Waals surface area contributed by atoms with Crippen molar-refractivity contribution in [2.24, 2.45) is 0 Å². The summed E-state index contributed by atoms with van der Waals surface area (Å²) >= 11 is 0. The maximum absolute atomic E-state index is 11.8. The molecule has 0 aromatic heterocycles. The first-order valence-electron chi connectivity index (χ1n) is 4.64. The normalized spacial score (nSPS) is 24.5. The molecule has 0 N–H and O–H groups in total. The highest BCUT2D eigenvalue weighted by molar-refractivity contribution is 4.74. The Morgan fingerprint density at radius 3 is 2.45 bits per heavy atom. The third kappa shape index (κ3) is 3.71.